The van der Waals surface area contributed by atoms with Gasteiger partial charge in [-0.25, -0.2) is 4.68 Å². The van der Waals surface area contributed by atoms with Crippen molar-refractivity contribution in [3.8, 4) is 22.8 Å². The molecule has 0 bridgehead atoms. The molecule has 0 atom stereocenters. The maximum Gasteiger partial charge on any atom is 0.274 e. The third-order valence-electron chi connectivity index (χ3n) is 6.48. The standard InChI is InChI=1S/C25H23N5O4/c31-24(20-12-19(27-28-20)15-9-10-22-23(11-15)34-14-33-22)26-13-21-17-7-3-4-8-18(17)25(32)30(29-21)16-5-1-2-6-16/h3-4,7-12,16H,1-2,5-6,13-14H2,(H,26,31)(H,27,28). The van der Waals surface area contributed by atoms with E-state index in [1.54, 1.807) is 10.7 Å². The first-order valence-corrected chi connectivity index (χ1v) is 11.4. The number of benzene rings is 2. The molecule has 1 amide bonds. The molecule has 0 saturated heterocycles. The molecule has 34 heavy (non-hydrogen) atoms. The lowest BCUT2D eigenvalue weighted by atomic mass is 10.1. The fourth-order valence-electron chi connectivity index (χ4n) is 4.70. The van der Waals surface area contributed by atoms with E-state index in [0.29, 0.717) is 34.0 Å². The number of nitrogens with zero attached hydrogens (tertiary/aromatic N) is 3. The average Bonchev–Trinajstić information content (AvgIpc) is 3.65. The molecule has 1 aliphatic heterocycles. The molecule has 0 unspecified atom stereocenters. The number of nitrogens with one attached hydrogen (secondary N) is 2. The van der Waals surface area contributed by atoms with Gasteiger partial charge in [0.1, 0.15) is 5.69 Å². The highest BCUT2D eigenvalue weighted by Crippen LogP contribution is 2.35. The van der Waals surface area contributed by atoms with Gasteiger partial charge < -0.3 is 14.8 Å². The summed E-state index contributed by atoms with van der Waals surface area (Å²) >= 11 is 0. The van der Waals surface area contributed by atoms with Crippen LogP contribution in [-0.2, 0) is 6.54 Å². The molecule has 2 aromatic carbocycles. The topological polar surface area (TPSA) is 111 Å². The Hall–Kier alpha value is -4.14. The first kappa shape index (κ1) is 20.5. The molecule has 0 radical (unpaired) electrons. The summed E-state index contributed by atoms with van der Waals surface area (Å²) in [5.74, 6) is 1.04. The minimum atomic E-state index is -0.302. The lowest BCUT2D eigenvalue weighted by molar-refractivity contribution is 0.0945. The van der Waals surface area contributed by atoms with Gasteiger partial charge in [0.25, 0.3) is 11.5 Å². The molecule has 0 spiro atoms. The van der Waals surface area contributed by atoms with E-state index in [1.165, 1.54) is 0 Å². The van der Waals surface area contributed by atoms with Crippen molar-refractivity contribution in [3.63, 3.8) is 0 Å². The summed E-state index contributed by atoms with van der Waals surface area (Å²) in [4.78, 5) is 25.9. The maximum absolute atomic E-state index is 13.0. The van der Waals surface area contributed by atoms with E-state index in [4.69, 9.17) is 9.47 Å². The minimum Gasteiger partial charge on any atom is -0.454 e. The van der Waals surface area contributed by atoms with Gasteiger partial charge in [-0.2, -0.15) is 10.2 Å². The zero-order valence-corrected chi connectivity index (χ0v) is 18.4. The van der Waals surface area contributed by atoms with Crippen molar-refractivity contribution in [3.05, 3.63) is 70.3 Å². The summed E-state index contributed by atoms with van der Waals surface area (Å²) in [5.41, 5.74) is 2.38. The fraction of sp³-hybridized carbons (Fsp3) is 0.280. The van der Waals surface area contributed by atoms with Crippen molar-refractivity contribution in [1.82, 2.24) is 25.3 Å². The van der Waals surface area contributed by atoms with E-state index >= 15 is 0 Å². The van der Waals surface area contributed by atoms with Crippen LogP contribution in [0, 0.1) is 0 Å². The normalized spacial score (nSPS) is 15.2. The van der Waals surface area contributed by atoms with E-state index in [9.17, 15) is 9.59 Å². The molecule has 9 nitrogen and oxygen atoms in total. The zero-order valence-electron chi connectivity index (χ0n) is 18.4. The number of amides is 1. The highest BCUT2D eigenvalue weighted by Gasteiger charge is 2.22. The van der Waals surface area contributed by atoms with E-state index < -0.39 is 0 Å². The molecule has 4 aromatic rings. The van der Waals surface area contributed by atoms with Gasteiger partial charge in [-0.3, -0.25) is 14.7 Å². The Labute approximate surface area is 194 Å². The summed E-state index contributed by atoms with van der Waals surface area (Å²) in [6, 6.07) is 14.8. The molecule has 6 rings (SSSR count). The van der Waals surface area contributed by atoms with Gasteiger partial charge in [-0.05, 0) is 43.2 Å². The van der Waals surface area contributed by atoms with Crippen LogP contribution in [0.3, 0.4) is 0 Å². The number of aromatic amines is 1. The predicted octanol–water partition coefficient (Wildman–Crippen LogP) is 3.56. The van der Waals surface area contributed by atoms with Gasteiger partial charge in [0.2, 0.25) is 6.79 Å². The molecule has 9 heteroatoms. The van der Waals surface area contributed by atoms with Crippen LogP contribution >= 0.6 is 0 Å². The van der Waals surface area contributed by atoms with Gasteiger partial charge in [0, 0.05) is 10.9 Å². The number of hydrogen-bond acceptors (Lipinski definition) is 6. The van der Waals surface area contributed by atoms with Crippen molar-refractivity contribution in [2.45, 2.75) is 38.3 Å². The smallest absolute Gasteiger partial charge is 0.274 e. The lowest BCUT2D eigenvalue weighted by Crippen LogP contribution is -2.30. The van der Waals surface area contributed by atoms with Crippen LogP contribution < -0.4 is 20.3 Å². The predicted molar refractivity (Wildman–Crippen MR) is 125 cm³/mol. The number of rotatable bonds is 5. The Morgan fingerprint density at radius 1 is 1.06 bits per heavy atom. The molecule has 1 saturated carbocycles. The first-order valence-electron chi connectivity index (χ1n) is 11.4. The van der Waals surface area contributed by atoms with E-state index in [0.717, 1.165) is 36.6 Å². The summed E-state index contributed by atoms with van der Waals surface area (Å²) < 4.78 is 12.4. The highest BCUT2D eigenvalue weighted by molar-refractivity contribution is 5.93. The van der Waals surface area contributed by atoms with Crippen molar-refractivity contribution in [2.24, 2.45) is 0 Å². The Morgan fingerprint density at radius 2 is 1.85 bits per heavy atom. The summed E-state index contributed by atoms with van der Waals surface area (Å²) in [5, 5.41) is 16.0. The first-order chi connectivity index (χ1) is 16.7. The molecular formula is C25H23N5O4. The van der Waals surface area contributed by atoms with Crippen molar-refractivity contribution in [1.29, 1.82) is 0 Å². The summed E-state index contributed by atoms with van der Waals surface area (Å²) in [6.45, 7) is 0.397. The second-order valence-corrected chi connectivity index (χ2v) is 8.60. The largest absolute Gasteiger partial charge is 0.454 e. The monoisotopic (exact) mass is 457 g/mol. The number of carbonyl (C=O) groups is 1. The molecule has 2 aliphatic rings. The fourth-order valence-corrected chi connectivity index (χ4v) is 4.70. The van der Waals surface area contributed by atoms with Gasteiger partial charge in [0.15, 0.2) is 11.5 Å². The zero-order chi connectivity index (χ0) is 23.1. The van der Waals surface area contributed by atoms with Crippen molar-refractivity contribution < 1.29 is 14.3 Å². The Morgan fingerprint density at radius 3 is 2.71 bits per heavy atom. The Kier molecular flexibility index (Phi) is 5.01. The van der Waals surface area contributed by atoms with Crippen LogP contribution in [0.4, 0.5) is 0 Å². The van der Waals surface area contributed by atoms with E-state index in [1.807, 2.05) is 42.5 Å². The molecule has 172 valence electrons. The molecule has 2 aromatic heterocycles. The minimum absolute atomic E-state index is 0.0699. The number of fused-ring (bicyclic) bond motifs is 2. The third kappa shape index (κ3) is 3.59. The molecule has 1 aliphatic carbocycles. The summed E-state index contributed by atoms with van der Waals surface area (Å²) in [6.07, 6.45) is 4.11. The van der Waals surface area contributed by atoms with Crippen LogP contribution in [0.25, 0.3) is 22.0 Å². The van der Waals surface area contributed by atoms with Crippen molar-refractivity contribution in [2.75, 3.05) is 6.79 Å². The van der Waals surface area contributed by atoms with Crippen LogP contribution in [0.5, 0.6) is 11.5 Å². The van der Waals surface area contributed by atoms with Gasteiger partial charge in [-0.1, -0.05) is 31.0 Å². The second kappa shape index (κ2) is 8.33. The third-order valence-corrected chi connectivity index (χ3v) is 6.48. The maximum atomic E-state index is 13.0. The highest BCUT2D eigenvalue weighted by atomic mass is 16.7. The Bertz CT molecular complexity index is 1450. The van der Waals surface area contributed by atoms with E-state index in [-0.39, 0.29) is 30.8 Å². The average molecular weight is 457 g/mol. The van der Waals surface area contributed by atoms with Crippen molar-refractivity contribution >= 4 is 16.7 Å². The van der Waals surface area contributed by atoms with Crippen LogP contribution in [0.15, 0.2) is 53.3 Å². The van der Waals surface area contributed by atoms with Gasteiger partial charge in [-0.15, -0.1) is 0 Å². The SMILES string of the molecule is O=C(NCc1nn(C2CCCC2)c(=O)c2ccccc12)c1cc(-c2ccc3c(c2)OCO3)n[nH]1. The lowest BCUT2D eigenvalue weighted by Gasteiger charge is -2.16. The van der Waals surface area contributed by atoms with Crippen LogP contribution in [0.1, 0.15) is 47.9 Å². The summed E-state index contributed by atoms with van der Waals surface area (Å²) in [7, 11) is 0. The number of H-pyrrole nitrogens is 1. The number of carbonyl (C=O) groups excluding carboxylic acids is 1. The Balaban J connectivity index is 1.24. The number of aromatic nitrogens is 4. The van der Waals surface area contributed by atoms with Crippen LogP contribution in [0.2, 0.25) is 0 Å². The quantitative estimate of drug-likeness (QED) is 0.474. The second-order valence-electron chi connectivity index (χ2n) is 8.60. The number of ether oxygens (including phenoxy) is 2. The molecular weight excluding hydrogens is 434 g/mol. The van der Waals surface area contributed by atoms with Gasteiger partial charge >= 0.3 is 0 Å². The number of hydrogen-bond donors (Lipinski definition) is 2. The van der Waals surface area contributed by atoms with Crippen LogP contribution in [-0.4, -0.2) is 32.7 Å². The van der Waals surface area contributed by atoms with Gasteiger partial charge in [0.05, 0.1) is 29.4 Å². The van der Waals surface area contributed by atoms with E-state index in [2.05, 4.69) is 20.6 Å². The molecule has 3 heterocycles. The molecule has 2 N–H and O–H groups in total. The molecule has 1 fully saturated rings.